The summed E-state index contributed by atoms with van der Waals surface area (Å²) in [4.78, 5) is 6.11. The van der Waals surface area contributed by atoms with Crippen LogP contribution in [0.4, 0.5) is 4.39 Å². The lowest BCUT2D eigenvalue weighted by atomic mass is 9.59. The highest BCUT2D eigenvalue weighted by Gasteiger charge is 2.55. The van der Waals surface area contributed by atoms with Gasteiger partial charge in [-0.15, -0.1) is 0 Å². The van der Waals surface area contributed by atoms with E-state index in [4.69, 9.17) is 9.57 Å². The van der Waals surface area contributed by atoms with Crippen LogP contribution in [0.5, 0.6) is 5.75 Å². The maximum absolute atomic E-state index is 13.6. The van der Waals surface area contributed by atoms with E-state index in [0.29, 0.717) is 23.6 Å². The molecule has 3 nitrogen and oxygen atoms in total. The van der Waals surface area contributed by atoms with Gasteiger partial charge in [0, 0.05) is 30.6 Å². The fraction of sp³-hybridized carbons (Fsp3) is 0.684. The summed E-state index contributed by atoms with van der Waals surface area (Å²) in [6, 6.07) is 5.37. The maximum Gasteiger partial charge on any atom is 0.126 e. The molecule has 128 valence electrons. The lowest BCUT2D eigenvalue weighted by Gasteiger charge is -2.46. The Morgan fingerprint density at radius 3 is 2.61 bits per heavy atom. The molecule has 1 aromatic rings. The average molecular weight is 321 g/mol. The van der Waals surface area contributed by atoms with Crippen LogP contribution in [-0.2, 0) is 10.3 Å². The van der Waals surface area contributed by atoms with Crippen LogP contribution in [0.2, 0.25) is 0 Å². The lowest BCUT2D eigenvalue weighted by molar-refractivity contribution is -0.182. The van der Waals surface area contributed by atoms with Gasteiger partial charge in [0.1, 0.15) is 11.6 Å². The van der Waals surface area contributed by atoms with Crippen molar-refractivity contribution >= 4 is 0 Å². The average Bonchev–Trinajstić information content (AvgIpc) is 2.67. The Morgan fingerprint density at radius 1 is 1.26 bits per heavy atom. The van der Waals surface area contributed by atoms with Gasteiger partial charge >= 0.3 is 0 Å². The fourth-order valence-electron chi connectivity index (χ4n) is 5.07. The molecule has 4 heteroatoms. The van der Waals surface area contributed by atoms with Gasteiger partial charge in [0.15, 0.2) is 0 Å². The molecule has 1 aliphatic carbocycles. The van der Waals surface area contributed by atoms with Crippen molar-refractivity contribution in [2.24, 2.45) is 11.8 Å². The van der Waals surface area contributed by atoms with Crippen LogP contribution in [0.1, 0.15) is 46.1 Å². The largest absolute Gasteiger partial charge is 0.496 e. The van der Waals surface area contributed by atoms with E-state index in [-0.39, 0.29) is 16.8 Å². The Kier molecular flexibility index (Phi) is 3.96. The Balaban J connectivity index is 2.01. The van der Waals surface area contributed by atoms with Gasteiger partial charge in [-0.2, -0.15) is 5.06 Å². The number of methoxy groups -OCH3 is 1. The summed E-state index contributed by atoms with van der Waals surface area (Å²) in [5, 5.41) is 2.05. The van der Waals surface area contributed by atoms with Gasteiger partial charge in [-0.05, 0) is 44.1 Å². The number of fused-ring (bicyclic) bond motifs is 1. The Bertz CT molecular complexity index is 603. The van der Waals surface area contributed by atoms with E-state index < -0.39 is 0 Å². The maximum atomic E-state index is 13.6. The first-order valence-electron chi connectivity index (χ1n) is 8.44. The summed E-state index contributed by atoms with van der Waals surface area (Å²) < 4.78 is 19.1. The van der Waals surface area contributed by atoms with Gasteiger partial charge in [0.2, 0.25) is 0 Å². The summed E-state index contributed by atoms with van der Waals surface area (Å²) in [7, 11) is 3.66. The van der Waals surface area contributed by atoms with Gasteiger partial charge in [0.25, 0.3) is 0 Å². The zero-order chi connectivity index (χ0) is 17.0. The molecule has 0 radical (unpaired) electrons. The predicted octanol–water partition coefficient (Wildman–Crippen LogP) is 4.16. The number of nitrogens with zero attached hydrogens (tertiary/aromatic N) is 1. The number of ether oxygens (including phenoxy) is 1. The smallest absolute Gasteiger partial charge is 0.126 e. The molecular formula is C19H28FNO2. The van der Waals surface area contributed by atoms with Gasteiger partial charge in [-0.1, -0.05) is 19.9 Å². The molecule has 0 N–H and O–H groups in total. The molecule has 0 aromatic heterocycles. The van der Waals surface area contributed by atoms with Crippen molar-refractivity contribution in [3.63, 3.8) is 0 Å². The summed E-state index contributed by atoms with van der Waals surface area (Å²) >= 11 is 0. The minimum atomic E-state index is -0.250. The molecule has 1 saturated carbocycles. The molecule has 3 rings (SSSR count). The van der Waals surface area contributed by atoms with Crippen molar-refractivity contribution in [3.8, 4) is 5.75 Å². The molecule has 2 fully saturated rings. The first-order chi connectivity index (χ1) is 10.7. The first-order valence-corrected chi connectivity index (χ1v) is 8.44. The first kappa shape index (κ1) is 16.7. The van der Waals surface area contributed by atoms with E-state index >= 15 is 0 Å². The SMILES string of the molecule is COc1cc(F)ccc1C1(C)CC(C)C2C(C1)C(C)(C)ON2C. The quantitative estimate of drug-likeness (QED) is 0.816. The second-order valence-electron chi connectivity index (χ2n) is 8.13. The van der Waals surface area contributed by atoms with Crippen molar-refractivity contribution in [2.75, 3.05) is 14.2 Å². The summed E-state index contributed by atoms with van der Waals surface area (Å²) in [6.45, 7) is 8.93. The summed E-state index contributed by atoms with van der Waals surface area (Å²) in [6.07, 6.45) is 2.06. The van der Waals surface area contributed by atoms with Crippen LogP contribution in [-0.4, -0.2) is 30.9 Å². The van der Waals surface area contributed by atoms with Crippen molar-refractivity contribution in [1.29, 1.82) is 0 Å². The molecule has 0 amide bonds. The van der Waals surface area contributed by atoms with Gasteiger partial charge in [0.05, 0.1) is 12.7 Å². The number of halogens is 1. The summed E-state index contributed by atoms with van der Waals surface area (Å²) in [5.74, 6) is 1.35. The van der Waals surface area contributed by atoms with Crippen LogP contribution >= 0.6 is 0 Å². The van der Waals surface area contributed by atoms with Crippen LogP contribution in [0.15, 0.2) is 18.2 Å². The lowest BCUT2D eigenvalue weighted by Crippen LogP contribution is -2.48. The van der Waals surface area contributed by atoms with Crippen LogP contribution < -0.4 is 4.74 Å². The molecule has 1 aromatic carbocycles. The second kappa shape index (κ2) is 5.45. The molecule has 23 heavy (non-hydrogen) atoms. The molecule has 1 saturated heterocycles. The number of hydrogen-bond acceptors (Lipinski definition) is 3. The summed E-state index contributed by atoms with van der Waals surface area (Å²) in [5.41, 5.74) is 0.894. The molecule has 0 bridgehead atoms. The number of hydroxylamine groups is 2. The van der Waals surface area contributed by atoms with Gasteiger partial charge < -0.3 is 4.74 Å². The van der Waals surface area contributed by atoms with Crippen LogP contribution in [0.25, 0.3) is 0 Å². The highest BCUT2D eigenvalue weighted by molar-refractivity contribution is 5.40. The van der Waals surface area contributed by atoms with E-state index in [9.17, 15) is 4.39 Å². The highest BCUT2D eigenvalue weighted by Crippen LogP contribution is 2.54. The van der Waals surface area contributed by atoms with Gasteiger partial charge in [-0.25, -0.2) is 4.39 Å². The van der Waals surface area contributed by atoms with Crippen molar-refractivity contribution in [1.82, 2.24) is 5.06 Å². The van der Waals surface area contributed by atoms with E-state index in [1.807, 2.05) is 13.1 Å². The Hall–Kier alpha value is -1.13. The number of hydrogen-bond donors (Lipinski definition) is 0. The fourth-order valence-corrected chi connectivity index (χ4v) is 5.07. The zero-order valence-corrected chi connectivity index (χ0v) is 15.0. The third kappa shape index (κ3) is 2.66. The minimum absolute atomic E-state index is 0.0363. The molecule has 1 aliphatic heterocycles. The topological polar surface area (TPSA) is 21.7 Å². The minimum Gasteiger partial charge on any atom is -0.496 e. The third-order valence-electron chi connectivity index (χ3n) is 5.94. The number of rotatable bonds is 2. The molecule has 4 unspecified atom stereocenters. The molecule has 2 aliphatic rings. The molecule has 4 atom stereocenters. The molecule has 1 heterocycles. The monoisotopic (exact) mass is 321 g/mol. The Morgan fingerprint density at radius 2 is 1.96 bits per heavy atom. The van der Waals surface area contributed by atoms with Crippen molar-refractivity contribution in [2.45, 2.75) is 57.6 Å². The van der Waals surface area contributed by atoms with Crippen molar-refractivity contribution < 1.29 is 14.0 Å². The Labute approximate surface area is 138 Å². The standard InChI is InChI=1S/C19H28FNO2/c1-12-10-19(4,14-8-7-13(20)9-16(14)22-6)11-15-17(12)21(5)23-18(15,2)3/h7-9,12,15,17H,10-11H2,1-6H3. The van der Waals surface area contributed by atoms with Gasteiger partial charge in [-0.3, -0.25) is 4.84 Å². The molecular weight excluding hydrogens is 293 g/mol. The molecule has 0 spiro atoms. The van der Waals surface area contributed by atoms with E-state index in [2.05, 4.69) is 32.8 Å². The zero-order valence-electron chi connectivity index (χ0n) is 15.0. The van der Waals surface area contributed by atoms with E-state index in [1.54, 1.807) is 13.2 Å². The highest BCUT2D eigenvalue weighted by atomic mass is 19.1. The van der Waals surface area contributed by atoms with Crippen LogP contribution in [0.3, 0.4) is 0 Å². The third-order valence-corrected chi connectivity index (χ3v) is 5.94. The van der Waals surface area contributed by atoms with Crippen LogP contribution in [0, 0.1) is 17.7 Å². The predicted molar refractivity (Wildman–Crippen MR) is 88.9 cm³/mol. The second-order valence-corrected chi connectivity index (χ2v) is 8.13. The normalized spacial score (nSPS) is 36.7. The van der Waals surface area contributed by atoms with Crippen molar-refractivity contribution in [3.05, 3.63) is 29.6 Å². The van der Waals surface area contributed by atoms with E-state index in [1.165, 1.54) is 6.07 Å². The number of benzene rings is 1. The van der Waals surface area contributed by atoms with E-state index in [0.717, 1.165) is 18.4 Å².